The van der Waals surface area contributed by atoms with Gasteiger partial charge < -0.3 is 10.2 Å². The summed E-state index contributed by atoms with van der Waals surface area (Å²) in [5, 5.41) is 4.06. The number of hydrogen-bond acceptors (Lipinski definition) is 4. The molecule has 0 aliphatic heterocycles. The van der Waals surface area contributed by atoms with E-state index in [2.05, 4.69) is 5.32 Å². The Morgan fingerprint density at radius 3 is 2.12 bits per heavy atom. The van der Waals surface area contributed by atoms with Gasteiger partial charge in [-0.25, -0.2) is 8.42 Å². The highest BCUT2D eigenvalue weighted by Gasteiger charge is 2.34. The highest BCUT2D eigenvalue weighted by atomic mass is 35.5. The Balaban J connectivity index is 2.11. The van der Waals surface area contributed by atoms with Gasteiger partial charge in [0.25, 0.3) is 10.0 Å². The lowest BCUT2D eigenvalue weighted by Gasteiger charge is -2.34. The van der Waals surface area contributed by atoms with E-state index in [1.807, 2.05) is 20.8 Å². The van der Waals surface area contributed by atoms with E-state index >= 15 is 0 Å². The van der Waals surface area contributed by atoms with E-state index in [0.717, 1.165) is 15.4 Å². The average Bonchev–Trinajstić information content (AvgIpc) is 2.94. The number of carbonyl (C=O) groups is 2. The van der Waals surface area contributed by atoms with Crippen LogP contribution in [0.3, 0.4) is 0 Å². The summed E-state index contributed by atoms with van der Waals surface area (Å²) in [7, 11) is -4.21. The molecule has 3 aromatic rings. The zero-order chi connectivity index (χ0) is 31.2. The summed E-state index contributed by atoms with van der Waals surface area (Å²) in [5.74, 6) is -0.920. The van der Waals surface area contributed by atoms with Gasteiger partial charge in [-0.05, 0) is 81.1 Å². The number of sulfonamides is 1. The lowest BCUT2D eigenvalue weighted by Crippen LogP contribution is -2.53. The molecule has 11 heteroatoms. The van der Waals surface area contributed by atoms with Crippen LogP contribution in [0.4, 0.5) is 5.69 Å². The minimum absolute atomic E-state index is 0.0199. The molecule has 0 heterocycles. The van der Waals surface area contributed by atoms with Crippen molar-refractivity contribution in [3.8, 4) is 0 Å². The zero-order valence-electron chi connectivity index (χ0n) is 24.3. The Hall–Kier alpha value is -2.78. The first kappa shape index (κ1) is 33.7. The number of hydrogen-bond donors (Lipinski definition) is 1. The molecule has 7 nitrogen and oxygen atoms in total. The van der Waals surface area contributed by atoms with Crippen LogP contribution < -0.4 is 9.62 Å². The van der Waals surface area contributed by atoms with E-state index in [9.17, 15) is 18.0 Å². The van der Waals surface area contributed by atoms with Crippen molar-refractivity contribution >= 4 is 62.3 Å². The number of halogens is 3. The summed E-state index contributed by atoms with van der Waals surface area (Å²) >= 11 is 19.0. The monoisotopic (exact) mass is 651 g/mol. The molecule has 0 unspecified atom stereocenters. The largest absolute Gasteiger partial charge is 0.352 e. The summed E-state index contributed by atoms with van der Waals surface area (Å²) in [5.41, 5.74) is 2.43. The highest BCUT2D eigenvalue weighted by Crippen LogP contribution is 2.29. The van der Waals surface area contributed by atoms with Gasteiger partial charge in [-0.1, -0.05) is 78.5 Å². The molecule has 3 aromatic carbocycles. The van der Waals surface area contributed by atoms with Crippen molar-refractivity contribution < 1.29 is 18.0 Å². The van der Waals surface area contributed by atoms with Gasteiger partial charge in [0.1, 0.15) is 12.6 Å². The van der Waals surface area contributed by atoms with Crippen molar-refractivity contribution in [3.05, 3.63) is 92.4 Å². The molecule has 0 radical (unpaired) electrons. The van der Waals surface area contributed by atoms with Crippen molar-refractivity contribution in [2.75, 3.05) is 10.8 Å². The molecular weight excluding hydrogens is 617 g/mol. The molecule has 226 valence electrons. The molecule has 0 fully saturated rings. The molecule has 3 rings (SSSR count). The van der Waals surface area contributed by atoms with Gasteiger partial charge >= 0.3 is 0 Å². The molecule has 42 heavy (non-hydrogen) atoms. The van der Waals surface area contributed by atoms with Crippen LogP contribution in [0, 0.1) is 13.8 Å². The van der Waals surface area contributed by atoms with Crippen molar-refractivity contribution in [2.24, 2.45) is 0 Å². The Bertz CT molecular complexity index is 1530. The van der Waals surface area contributed by atoms with Crippen LogP contribution in [0.2, 0.25) is 15.1 Å². The van der Waals surface area contributed by atoms with Crippen LogP contribution in [0.1, 0.15) is 50.3 Å². The van der Waals surface area contributed by atoms with Gasteiger partial charge in [-0.15, -0.1) is 0 Å². The van der Waals surface area contributed by atoms with Crippen molar-refractivity contribution in [3.63, 3.8) is 0 Å². The molecule has 1 N–H and O–H groups in total. The molecule has 0 aliphatic rings. The van der Waals surface area contributed by atoms with E-state index in [4.69, 9.17) is 34.8 Å². The van der Waals surface area contributed by atoms with Crippen molar-refractivity contribution in [1.82, 2.24) is 10.2 Å². The predicted molar refractivity (Wildman–Crippen MR) is 171 cm³/mol. The number of nitrogens with zero attached hydrogens (tertiary/aromatic N) is 2. The van der Waals surface area contributed by atoms with E-state index in [1.165, 1.54) is 23.1 Å². The van der Waals surface area contributed by atoms with Gasteiger partial charge in [0, 0.05) is 27.7 Å². The number of rotatable bonds is 12. The third kappa shape index (κ3) is 8.19. The lowest BCUT2D eigenvalue weighted by atomic mass is 10.1. The standard InChI is InChI=1S/C31H36Cl3N3O4S/c1-6-22(5)35-31(39)29(7-2)36(18-23-11-12-24(32)16-28(23)34)30(38)19-37(25-13-10-21(4)27(33)17-25)42(40,41)26-14-8-20(3)9-15-26/h8-17,22,29H,6-7,18-19H2,1-5H3,(H,35,39)/t22-,29+/m0/s1. The van der Waals surface area contributed by atoms with Crippen LogP contribution in [0.25, 0.3) is 0 Å². The Labute approximate surface area is 263 Å². The van der Waals surface area contributed by atoms with Gasteiger partial charge in [0.2, 0.25) is 11.8 Å². The average molecular weight is 653 g/mol. The summed E-state index contributed by atoms with van der Waals surface area (Å²) in [6, 6.07) is 15.1. The minimum atomic E-state index is -4.21. The molecule has 2 atom stereocenters. The van der Waals surface area contributed by atoms with Crippen LogP contribution in [0.15, 0.2) is 65.6 Å². The highest BCUT2D eigenvalue weighted by molar-refractivity contribution is 7.92. The SMILES string of the molecule is CC[C@H](C(=O)N[C@@H](C)CC)N(Cc1ccc(Cl)cc1Cl)C(=O)CN(c1ccc(C)c(Cl)c1)S(=O)(=O)c1ccc(C)cc1. The van der Waals surface area contributed by atoms with Crippen molar-refractivity contribution in [1.29, 1.82) is 0 Å². The van der Waals surface area contributed by atoms with E-state index < -0.39 is 28.5 Å². The van der Waals surface area contributed by atoms with Gasteiger partial charge in [-0.2, -0.15) is 0 Å². The Morgan fingerprint density at radius 2 is 1.55 bits per heavy atom. The smallest absolute Gasteiger partial charge is 0.264 e. The topological polar surface area (TPSA) is 86.8 Å². The van der Waals surface area contributed by atoms with Crippen LogP contribution >= 0.6 is 34.8 Å². The summed E-state index contributed by atoms with van der Waals surface area (Å²) in [4.78, 5) is 29.0. The first-order chi connectivity index (χ1) is 19.8. The fourth-order valence-electron chi connectivity index (χ4n) is 4.30. The number of anilines is 1. The predicted octanol–water partition coefficient (Wildman–Crippen LogP) is 7.18. The van der Waals surface area contributed by atoms with Crippen molar-refractivity contribution in [2.45, 2.75) is 71.0 Å². The molecular formula is C31H36Cl3N3O4S. The Kier molecular flexibility index (Phi) is 11.7. The fraction of sp³-hybridized carbons (Fsp3) is 0.355. The first-order valence-corrected chi connectivity index (χ1v) is 16.2. The molecule has 0 saturated carbocycles. The van der Waals surface area contributed by atoms with Crippen LogP contribution in [-0.4, -0.2) is 43.8 Å². The molecule has 0 aliphatic carbocycles. The quantitative estimate of drug-likeness (QED) is 0.225. The number of carbonyl (C=O) groups excluding carboxylic acids is 2. The van der Waals surface area contributed by atoms with E-state index in [-0.39, 0.29) is 29.1 Å². The van der Waals surface area contributed by atoms with Gasteiger partial charge in [0.15, 0.2) is 0 Å². The second-order valence-corrected chi connectivity index (χ2v) is 13.4. The van der Waals surface area contributed by atoms with E-state index in [1.54, 1.807) is 56.3 Å². The summed E-state index contributed by atoms with van der Waals surface area (Å²) < 4.78 is 29.0. The first-order valence-electron chi connectivity index (χ1n) is 13.7. The third-order valence-electron chi connectivity index (χ3n) is 7.07. The van der Waals surface area contributed by atoms with Crippen LogP contribution in [-0.2, 0) is 26.2 Å². The number of nitrogens with one attached hydrogen (secondary N) is 1. The fourth-order valence-corrected chi connectivity index (χ4v) is 6.35. The molecule has 0 saturated heterocycles. The summed E-state index contributed by atoms with van der Waals surface area (Å²) in [6.07, 6.45) is 0.996. The van der Waals surface area contributed by atoms with Gasteiger partial charge in [0.05, 0.1) is 10.6 Å². The summed E-state index contributed by atoms with van der Waals surface area (Å²) in [6.45, 7) is 8.67. The zero-order valence-corrected chi connectivity index (χ0v) is 27.4. The second kappa shape index (κ2) is 14.6. The normalized spacial score (nSPS) is 12.9. The molecule has 0 bridgehead atoms. The third-order valence-corrected chi connectivity index (χ3v) is 9.86. The number of benzene rings is 3. The van der Waals surface area contributed by atoms with E-state index in [0.29, 0.717) is 33.5 Å². The lowest BCUT2D eigenvalue weighted by molar-refractivity contribution is -0.140. The van der Waals surface area contributed by atoms with Gasteiger partial charge in [-0.3, -0.25) is 13.9 Å². The maximum atomic E-state index is 14.2. The minimum Gasteiger partial charge on any atom is -0.352 e. The number of aryl methyl sites for hydroxylation is 2. The van der Waals surface area contributed by atoms with Crippen LogP contribution in [0.5, 0.6) is 0 Å². The number of amides is 2. The molecule has 0 aromatic heterocycles. The second-order valence-electron chi connectivity index (χ2n) is 10.3. The Morgan fingerprint density at radius 1 is 0.881 bits per heavy atom. The maximum absolute atomic E-state index is 14.2. The maximum Gasteiger partial charge on any atom is 0.264 e. The molecule has 2 amide bonds. The molecule has 0 spiro atoms.